The third kappa shape index (κ3) is 4.55. The highest BCUT2D eigenvalue weighted by molar-refractivity contribution is 9.10. The van der Waals surface area contributed by atoms with Gasteiger partial charge in [0.05, 0.1) is 17.7 Å². The molecule has 0 aliphatic heterocycles. The Kier molecular flexibility index (Phi) is 6.35. The lowest BCUT2D eigenvalue weighted by Gasteiger charge is -2.13. The van der Waals surface area contributed by atoms with Crippen molar-refractivity contribution < 1.29 is 23.8 Å². The Balaban J connectivity index is 2.91. The molecule has 0 aliphatic carbocycles. The Labute approximate surface area is 120 Å². The smallest absolute Gasteiger partial charge is 0.344 e. The molecule has 0 unspecified atom stereocenters. The van der Waals surface area contributed by atoms with Crippen molar-refractivity contribution in [3.05, 3.63) is 22.2 Å². The van der Waals surface area contributed by atoms with Crippen molar-refractivity contribution in [2.24, 2.45) is 0 Å². The summed E-state index contributed by atoms with van der Waals surface area (Å²) in [5.74, 6) is 0.320. The lowest BCUT2D eigenvalue weighted by Crippen LogP contribution is -2.15. The van der Waals surface area contributed by atoms with Crippen LogP contribution >= 0.6 is 15.9 Å². The second-order valence-electron chi connectivity index (χ2n) is 3.47. The summed E-state index contributed by atoms with van der Waals surface area (Å²) in [7, 11) is 0. The molecule has 0 N–H and O–H groups in total. The largest absolute Gasteiger partial charge is 0.490 e. The van der Waals surface area contributed by atoms with Crippen LogP contribution in [0.4, 0.5) is 0 Å². The minimum absolute atomic E-state index is 0.215. The number of halogens is 1. The van der Waals surface area contributed by atoms with E-state index in [0.29, 0.717) is 41.0 Å². The van der Waals surface area contributed by atoms with Crippen molar-refractivity contribution in [1.29, 1.82) is 0 Å². The van der Waals surface area contributed by atoms with E-state index in [1.54, 1.807) is 19.1 Å². The van der Waals surface area contributed by atoms with Crippen LogP contribution in [0.3, 0.4) is 0 Å². The molecule has 1 aromatic carbocycles. The minimum Gasteiger partial charge on any atom is -0.490 e. The van der Waals surface area contributed by atoms with Crippen molar-refractivity contribution in [3.8, 4) is 11.5 Å². The Hall–Kier alpha value is -1.56. The predicted molar refractivity (Wildman–Crippen MR) is 72.8 cm³/mol. The van der Waals surface area contributed by atoms with Gasteiger partial charge < -0.3 is 14.2 Å². The Morgan fingerprint density at radius 1 is 1.26 bits per heavy atom. The standard InChI is InChI=1S/C13H15BrO5/c1-3-17-11-6-9(7-15)5-10(14)13(11)19-8-12(16)18-4-2/h5-7H,3-4,8H2,1-2H3. The summed E-state index contributed by atoms with van der Waals surface area (Å²) in [6.45, 7) is 4.04. The lowest BCUT2D eigenvalue weighted by molar-refractivity contribution is -0.145. The Morgan fingerprint density at radius 3 is 2.58 bits per heavy atom. The van der Waals surface area contributed by atoms with Gasteiger partial charge in [-0.05, 0) is 41.9 Å². The van der Waals surface area contributed by atoms with Crippen molar-refractivity contribution in [2.45, 2.75) is 13.8 Å². The maximum absolute atomic E-state index is 11.3. The third-order valence-corrected chi connectivity index (χ3v) is 2.70. The van der Waals surface area contributed by atoms with Crippen molar-refractivity contribution >= 4 is 28.2 Å². The summed E-state index contributed by atoms with van der Waals surface area (Å²) in [6, 6.07) is 3.15. The molecule has 0 fully saturated rings. The van der Waals surface area contributed by atoms with Gasteiger partial charge in [0.1, 0.15) is 6.29 Å². The topological polar surface area (TPSA) is 61.8 Å². The van der Waals surface area contributed by atoms with Gasteiger partial charge in [-0.25, -0.2) is 4.79 Å². The minimum atomic E-state index is -0.462. The van der Waals surface area contributed by atoms with Gasteiger partial charge >= 0.3 is 5.97 Å². The molecule has 0 spiro atoms. The number of carbonyl (C=O) groups is 2. The average Bonchev–Trinajstić information content (AvgIpc) is 2.38. The molecule has 5 nitrogen and oxygen atoms in total. The van der Waals surface area contributed by atoms with E-state index in [0.717, 1.165) is 0 Å². The third-order valence-electron chi connectivity index (χ3n) is 2.11. The molecule has 0 amide bonds. The van der Waals surface area contributed by atoms with Crippen molar-refractivity contribution in [1.82, 2.24) is 0 Å². The zero-order chi connectivity index (χ0) is 14.3. The van der Waals surface area contributed by atoms with E-state index in [1.807, 2.05) is 6.92 Å². The molecule has 0 radical (unpaired) electrons. The average molecular weight is 331 g/mol. The fourth-order valence-electron chi connectivity index (χ4n) is 1.39. The van der Waals surface area contributed by atoms with Crippen LogP contribution in [0.1, 0.15) is 24.2 Å². The number of ether oxygens (including phenoxy) is 3. The molecule has 0 saturated heterocycles. The molecular formula is C13H15BrO5. The zero-order valence-corrected chi connectivity index (χ0v) is 12.4. The van der Waals surface area contributed by atoms with E-state index in [-0.39, 0.29) is 6.61 Å². The molecule has 19 heavy (non-hydrogen) atoms. The maximum atomic E-state index is 11.3. The van der Waals surface area contributed by atoms with Gasteiger partial charge in [0, 0.05) is 5.56 Å². The Bertz CT molecular complexity index is 459. The highest BCUT2D eigenvalue weighted by atomic mass is 79.9. The molecule has 0 aliphatic rings. The number of esters is 1. The number of carbonyl (C=O) groups excluding carboxylic acids is 2. The SMILES string of the molecule is CCOC(=O)COc1c(Br)cc(C=O)cc1OCC. The van der Waals surface area contributed by atoms with Crippen LogP contribution in [-0.4, -0.2) is 32.1 Å². The summed E-state index contributed by atoms with van der Waals surface area (Å²) in [6.07, 6.45) is 0.711. The second kappa shape index (κ2) is 7.78. The van der Waals surface area contributed by atoms with Gasteiger partial charge in [0.2, 0.25) is 0 Å². The fraction of sp³-hybridized carbons (Fsp3) is 0.385. The quantitative estimate of drug-likeness (QED) is 0.568. The molecule has 0 heterocycles. The van der Waals surface area contributed by atoms with Crippen LogP contribution in [0.15, 0.2) is 16.6 Å². The van der Waals surface area contributed by atoms with Gasteiger partial charge in [-0.1, -0.05) is 0 Å². The molecule has 0 aromatic heterocycles. The van der Waals surface area contributed by atoms with Gasteiger partial charge in [0.25, 0.3) is 0 Å². The monoisotopic (exact) mass is 330 g/mol. The normalized spacial score (nSPS) is 9.84. The fourth-order valence-corrected chi connectivity index (χ4v) is 1.97. The van der Waals surface area contributed by atoms with E-state index in [4.69, 9.17) is 14.2 Å². The number of hydrogen-bond acceptors (Lipinski definition) is 5. The lowest BCUT2D eigenvalue weighted by atomic mass is 10.2. The summed E-state index contributed by atoms with van der Waals surface area (Å²) in [4.78, 5) is 22.0. The van der Waals surface area contributed by atoms with Gasteiger partial charge in [0.15, 0.2) is 18.1 Å². The Morgan fingerprint density at radius 2 is 2.00 bits per heavy atom. The van der Waals surface area contributed by atoms with Crippen LogP contribution in [0.5, 0.6) is 11.5 Å². The molecule has 6 heteroatoms. The first kappa shape index (κ1) is 15.5. The van der Waals surface area contributed by atoms with Crippen LogP contribution in [0.2, 0.25) is 0 Å². The van der Waals surface area contributed by atoms with Gasteiger partial charge in [-0.3, -0.25) is 4.79 Å². The number of aldehydes is 1. The number of hydrogen-bond donors (Lipinski definition) is 0. The highest BCUT2D eigenvalue weighted by Crippen LogP contribution is 2.36. The molecule has 104 valence electrons. The second-order valence-corrected chi connectivity index (χ2v) is 4.33. The number of rotatable bonds is 7. The molecule has 0 bridgehead atoms. The first-order valence-electron chi connectivity index (χ1n) is 5.82. The molecule has 1 aromatic rings. The van der Waals surface area contributed by atoms with Gasteiger partial charge in [-0.2, -0.15) is 0 Å². The van der Waals surface area contributed by atoms with E-state index >= 15 is 0 Å². The summed E-state index contributed by atoms with van der Waals surface area (Å²) >= 11 is 3.28. The van der Waals surface area contributed by atoms with Gasteiger partial charge in [-0.15, -0.1) is 0 Å². The van der Waals surface area contributed by atoms with Crippen molar-refractivity contribution in [2.75, 3.05) is 19.8 Å². The molecular weight excluding hydrogens is 316 g/mol. The van der Waals surface area contributed by atoms with E-state index in [9.17, 15) is 9.59 Å². The summed E-state index contributed by atoms with van der Waals surface area (Å²) in [5, 5.41) is 0. The first-order valence-corrected chi connectivity index (χ1v) is 6.61. The molecule has 0 saturated carbocycles. The number of benzene rings is 1. The van der Waals surface area contributed by atoms with Crippen LogP contribution in [0, 0.1) is 0 Å². The highest BCUT2D eigenvalue weighted by Gasteiger charge is 2.14. The van der Waals surface area contributed by atoms with Crippen LogP contribution in [-0.2, 0) is 9.53 Å². The van der Waals surface area contributed by atoms with E-state index < -0.39 is 5.97 Å². The summed E-state index contributed by atoms with van der Waals surface area (Å²) < 4.78 is 16.1. The maximum Gasteiger partial charge on any atom is 0.344 e. The molecule has 1 rings (SSSR count). The summed E-state index contributed by atoms with van der Waals surface area (Å²) in [5.41, 5.74) is 0.457. The first-order chi connectivity index (χ1) is 9.12. The predicted octanol–water partition coefficient (Wildman–Crippen LogP) is 2.60. The van der Waals surface area contributed by atoms with E-state index in [1.165, 1.54) is 0 Å². The zero-order valence-electron chi connectivity index (χ0n) is 10.8. The van der Waals surface area contributed by atoms with Crippen LogP contribution < -0.4 is 9.47 Å². The van der Waals surface area contributed by atoms with E-state index in [2.05, 4.69) is 15.9 Å². The van der Waals surface area contributed by atoms with Crippen molar-refractivity contribution in [3.63, 3.8) is 0 Å². The molecule has 0 atom stereocenters. The van der Waals surface area contributed by atoms with Crippen LogP contribution in [0.25, 0.3) is 0 Å².